The van der Waals surface area contributed by atoms with Gasteiger partial charge in [0.1, 0.15) is 12.4 Å². The van der Waals surface area contributed by atoms with Gasteiger partial charge in [-0.05, 0) is 42.2 Å². The molecular formula is C17H14ClNO. The topological polar surface area (TPSA) is 33.0 Å². The molecule has 100 valence electrons. The lowest BCUT2D eigenvalue weighted by molar-refractivity contribution is 0.169. The van der Waals surface area contributed by atoms with Crippen molar-refractivity contribution >= 4 is 11.6 Å². The summed E-state index contributed by atoms with van der Waals surface area (Å²) in [5.41, 5.74) is 1.72. The Balaban J connectivity index is 1.87. The van der Waals surface area contributed by atoms with Crippen LogP contribution < -0.4 is 4.74 Å². The number of hydrogen-bond donors (Lipinski definition) is 0. The SMILES string of the molecule is N#CC1(Cc2ccc(Cl)cc2)COc2ccccc2C1. The number of benzene rings is 2. The molecule has 2 aromatic carbocycles. The molecule has 0 aromatic heterocycles. The first-order valence-electron chi connectivity index (χ1n) is 6.57. The van der Waals surface area contributed by atoms with Crippen LogP contribution in [0.5, 0.6) is 5.75 Å². The standard InChI is InChI=1S/C17H14ClNO/c18-15-7-5-13(6-8-15)9-17(11-19)10-14-3-1-2-4-16(14)20-12-17/h1-8H,9-10,12H2. The Morgan fingerprint density at radius 3 is 2.65 bits per heavy atom. The normalized spacial score (nSPS) is 20.6. The average molecular weight is 284 g/mol. The molecule has 1 heterocycles. The van der Waals surface area contributed by atoms with E-state index >= 15 is 0 Å². The molecule has 0 saturated carbocycles. The summed E-state index contributed by atoms with van der Waals surface area (Å²) in [6.45, 7) is 0.434. The summed E-state index contributed by atoms with van der Waals surface area (Å²) in [4.78, 5) is 0. The highest BCUT2D eigenvalue weighted by atomic mass is 35.5. The lowest BCUT2D eigenvalue weighted by atomic mass is 9.77. The zero-order chi connectivity index (χ0) is 14.0. The van der Waals surface area contributed by atoms with Crippen LogP contribution >= 0.6 is 11.6 Å². The van der Waals surface area contributed by atoms with Gasteiger partial charge in [-0.3, -0.25) is 0 Å². The highest BCUT2D eigenvalue weighted by molar-refractivity contribution is 6.30. The van der Waals surface area contributed by atoms with Crippen LogP contribution in [0, 0.1) is 16.7 Å². The van der Waals surface area contributed by atoms with Gasteiger partial charge in [-0.1, -0.05) is 41.9 Å². The van der Waals surface area contributed by atoms with E-state index in [9.17, 15) is 5.26 Å². The Labute approximate surface area is 123 Å². The summed E-state index contributed by atoms with van der Waals surface area (Å²) in [7, 11) is 0. The third kappa shape index (κ3) is 2.50. The molecule has 3 rings (SSSR count). The molecule has 1 atom stereocenters. The Kier molecular flexibility index (Phi) is 3.38. The number of hydrogen-bond acceptors (Lipinski definition) is 2. The average Bonchev–Trinajstić information content (AvgIpc) is 2.49. The first-order chi connectivity index (χ1) is 9.71. The maximum absolute atomic E-state index is 9.63. The van der Waals surface area contributed by atoms with Crippen molar-refractivity contribution in [1.82, 2.24) is 0 Å². The van der Waals surface area contributed by atoms with Gasteiger partial charge in [-0.15, -0.1) is 0 Å². The molecule has 0 saturated heterocycles. The van der Waals surface area contributed by atoms with Gasteiger partial charge in [0.05, 0.1) is 11.5 Å². The number of para-hydroxylation sites is 1. The van der Waals surface area contributed by atoms with E-state index in [0.29, 0.717) is 18.1 Å². The molecule has 0 spiro atoms. The van der Waals surface area contributed by atoms with Crippen molar-refractivity contribution in [3.05, 3.63) is 64.7 Å². The third-order valence-electron chi connectivity index (χ3n) is 3.70. The van der Waals surface area contributed by atoms with Gasteiger partial charge in [0.15, 0.2) is 0 Å². The molecule has 3 heteroatoms. The van der Waals surface area contributed by atoms with E-state index in [1.165, 1.54) is 0 Å². The number of fused-ring (bicyclic) bond motifs is 1. The van der Waals surface area contributed by atoms with Gasteiger partial charge in [0.25, 0.3) is 0 Å². The Bertz CT molecular complexity index is 659. The van der Waals surface area contributed by atoms with E-state index in [2.05, 4.69) is 6.07 Å². The van der Waals surface area contributed by atoms with Crippen LogP contribution in [-0.4, -0.2) is 6.61 Å². The summed E-state index contributed by atoms with van der Waals surface area (Å²) in [6.07, 6.45) is 1.40. The van der Waals surface area contributed by atoms with Crippen molar-refractivity contribution in [1.29, 1.82) is 5.26 Å². The van der Waals surface area contributed by atoms with Gasteiger partial charge in [0.2, 0.25) is 0 Å². The van der Waals surface area contributed by atoms with Crippen LogP contribution in [0.2, 0.25) is 5.02 Å². The largest absolute Gasteiger partial charge is 0.492 e. The van der Waals surface area contributed by atoms with Crippen LogP contribution in [0.4, 0.5) is 0 Å². The van der Waals surface area contributed by atoms with Crippen molar-refractivity contribution in [2.24, 2.45) is 5.41 Å². The molecule has 1 aliphatic rings. The van der Waals surface area contributed by atoms with Crippen LogP contribution in [0.15, 0.2) is 48.5 Å². The second-order valence-corrected chi connectivity index (χ2v) is 5.70. The van der Waals surface area contributed by atoms with Crippen molar-refractivity contribution < 1.29 is 4.74 Å². The molecule has 0 N–H and O–H groups in total. The molecule has 2 nitrogen and oxygen atoms in total. The number of nitriles is 1. The molecular weight excluding hydrogens is 270 g/mol. The second-order valence-electron chi connectivity index (χ2n) is 5.27. The molecule has 1 unspecified atom stereocenters. The van der Waals surface area contributed by atoms with Crippen LogP contribution in [0.1, 0.15) is 11.1 Å². The molecule has 0 aliphatic carbocycles. The fraction of sp³-hybridized carbons (Fsp3) is 0.235. The van der Waals surface area contributed by atoms with Gasteiger partial charge >= 0.3 is 0 Å². The van der Waals surface area contributed by atoms with Crippen molar-refractivity contribution in [3.8, 4) is 11.8 Å². The minimum absolute atomic E-state index is 0.434. The Morgan fingerprint density at radius 2 is 1.90 bits per heavy atom. The van der Waals surface area contributed by atoms with Gasteiger partial charge < -0.3 is 4.74 Å². The fourth-order valence-corrected chi connectivity index (χ4v) is 2.77. The lowest BCUT2D eigenvalue weighted by Crippen LogP contribution is -2.35. The molecule has 0 bridgehead atoms. The van der Waals surface area contributed by atoms with E-state index in [1.807, 2.05) is 48.5 Å². The monoisotopic (exact) mass is 283 g/mol. The smallest absolute Gasteiger partial charge is 0.122 e. The molecule has 0 radical (unpaired) electrons. The maximum Gasteiger partial charge on any atom is 0.122 e. The lowest BCUT2D eigenvalue weighted by Gasteiger charge is -2.32. The minimum atomic E-state index is -0.498. The molecule has 2 aromatic rings. The van der Waals surface area contributed by atoms with Crippen molar-refractivity contribution in [3.63, 3.8) is 0 Å². The quantitative estimate of drug-likeness (QED) is 0.834. The predicted molar refractivity (Wildman–Crippen MR) is 78.8 cm³/mol. The predicted octanol–water partition coefficient (Wildman–Crippen LogP) is 4.03. The number of nitrogens with zero attached hydrogens (tertiary/aromatic N) is 1. The van der Waals surface area contributed by atoms with Crippen molar-refractivity contribution in [2.45, 2.75) is 12.8 Å². The summed E-state index contributed by atoms with van der Waals surface area (Å²) >= 11 is 5.90. The first-order valence-corrected chi connectivity index (χ1v) is 6.95. The summed E-state index contributed by atoms with van der Waals surface area (Å²) in [5, 5.41) is 10.3. The zero-order valence-corrected chi connectivity index (χ0v) is 11.7. The zero-order valence-electron chi connectivity index (χ0n) is 11.0. The van der Waals surface area contributed by atoms with Gasteiger partial charge in [0, 0.05) is 5.02 Å². The molecule has 20 heavy (non-hydrogen) atoms. The number of halogens is 1. The highest BCUT2D eigenvalue weighted by Crippen LogP contribution is 2.36. The second kappa shape index (κ2) is 5.19. The number of ether oxygens (including phenoxy) is 1. The molecule has 1 aliphatic heterocycles. The van der Waals surface area contributed by atoms with Crippen LogP contribution in [0.25, 0.3) is 0 Å². The van der Waals surface area contributed by atoms with Crippen LogP contribution in [-0.2, 0) is 12.8 Å². The number of rotatable bonds is 2. The first kappa shape index (κ1) is 13.0. The highest BCUT2D eigenvalue weighted by Gasteiger charge is 2.36. The Morgan fingerprint density at radius 1 is 1.15 bits per heavy atom. The minimum Gasteiger partial charge on any atom is -0.492 e. The van der Waals surface area contributed by atoms with E-state index in [4.69, 9.17) is 16.3 Å². The van der Waals surface area contributed by atoms with Crippen molar-refractivity contribution in [2.75, 3.05) is 6.61 Å². The maximum atomic E-state index is 9.63. The van der Waals surface area contributed by atoms with E-state index in [-0.39, 0.29) is 0 Å². The molecule has 0 amide bonds. The van der Waals surface area contributed by atoms with Crippen LogP contribution in [0.3, 0.4) is 0 Å². The summed E-state index contributed by atoms with van der Waals surface area (Å²) in [5.74, 6) is 0.898. The molecule has 0 fully saturated rings. The van der Waals surface area contributed by atoms with Gasteiger partial charge in [-0.2, -0.15) is 5.26 Å². The summed E-state index contributed by atoms with van der Waals surface area (Å²) in [6, 6.07) is 18.1. The Hall–Kier alpha value is -1.98. The van der Waals surface area contributed by atoms with E-state index in [0.717, 1.165) is 23.3 Å². The van der Waals surface area contributed by atoms with E-state index in [1.54, 1.807) is 0 Å². The third-order valence-corrected chi connectivity index (χ3v) is 3.95. The van der Waals surface area contributed by atoms with Gasteiger partial charge in [-0.25, -0.2) is 0 Å². The fourth-order valence-electron chi connectivity index (χ4n) is 2.64. The van der Waals surface area contributed by atoms with E-state index < -0.39 is 5.41 Å². The summed E-state index contributed by atoms with van der Waals surface area (Å²) < 4.78 is 5.78.